The first-order chi connectivity index (χ1) is 17.4. The minimum Gasteiger partial charge on any atom is -0.379 e. The summed E-state index contributed by atoms with van der Waals surface area (Å²) in [6.45, 7) is 7.02. The monoisotopic (exact) mass is 516 g/mol. The predicted molar refractivity (Wildman–Crippen MR) is 142 cm³/mol. The molecule has 0 radical (unpaired) electrons. The minimum absolute atomic E-state index is 0.179. The van der Waals surface area contributed by atoms with Crippen LogP contribution in [0.3, 0.4) is 0 Å². The second-order valence-corrected chi connectivity index (χ2v) is 11.8. The van der Waals surface area contributed by atoms with E-state index in [1.807, 2.05) is 6.07 Å². The Balaban J connectivity index is 1.49. The SMILES string of the molecule is CC(C)(C)NS(=O)(=O)c1ccccc1-c1ccc(NC(=O)C2(C)CC(c3cccc(C#N)c3)=NO2)cc1. The molecule has 0 spiro atoms. The van der Waals surface area contributed by atoms with Gasteiger partial charge in [0.05, 0.1) is 22.2 Å². The number of hydrogen-bond donors (Lipinski definition) is 2. The van der Waals surface area contributed by atoms with E-state index in [0.717, 1.165) is 5.56 Å². The van der Waals surface area contributed by atoms with Gasteiger partial charge < -0.3 is 10.2 Å². The molecule has 0 aliphatic carbocycles. The van der Waals surface area contributed by atoms with E-state index in [9.17, 15) is 13.2 Å². The largest absolute Gasteiger partial charge is 0.379 e. The summed E-state index contributed by atoms with van der Waals surface area (Å²) in [5.41, 5.74) is 1.77. The number of anilines is 1. The van der Waals surface area contributed by atoms with E-state index in [4.69, 9.17) is 10.1 Å². The molecule has 8 nitrogen and oxygen atoms in total. The quantitative estimate of drug-likeness (QED) is 0.486. The maximum atomic E-state index is 13.1. The van der Waals surface area contributed by atoms with E-state index >= 15 is 0 Å². The molecule has 0 aromatic heterocycles. The number of benzene rings is 3. The fraction of sp³-hybridized carbons (Fsp3) is 0.250. The van der Waals surface area contributed by atoms with Crippen molar-refractivity contribution in [1.29, 1.82) is 5.26 Å². The second kappa shape index (κ2) is 9.81. The third kappa shape index (κ3) is 5.88. The Kier molecular flexibility index (Phi) is 6.91. The molecule has 0 bridgehead atoms. The van der Waals surface area contributed by atoms with Gasteiger partial charge in [-0.05, 0) is 63.6 Å². The van der Waals surface area contributed by atoms with Gasteiger partial charge in [-0.1, -0.05) is 47.6 Å². The maximum Gasteiger partial charge on any atom is 0.271 e. The van der Waals surface area contributed by atoms with Gasteiger partial charge in [-0.2, -0.15) is 5.26 Å². The molecule has 0 saturated heterocycles. The van der Waals surface area contributed by atoms with Crippen LogP contribution in [0.1, 0.15) is 45.2 Å². The molecular weight excluding hydrogens is 488 g/mol. The average Bonchev–Trinajstić information content (AvgIpc) is 3.27. The van der Waals surface area contributed by atoms with Crippen LogP contribution in [-0.4, -0.2) is 31.2 Å². The summed E-state index contributed by atoms with van der Waals surface area (Å²) >= 11 is 0. The Morgan fingerprint density at radius 3 is 2.41 bits per heavy atom. The van der Waals surface area contributed by atoms with E-state index in [1.54, 1.807) is 94.4 Å². The summed E-state index contributed by atoms with van der Waals surface area (Å²) in [5.74, 6) is -0.368. The molecule has 4 rings (SSSR count). The number of carbonyl (C=O) groups is 1. The summed E-state index contributed by atoms with van der Waals surface area (Å²) in [6, 6.07) is 22.8. The number of oxime groups is 1. The number of amides is 1. The fourth-order valence-electron chi connectivity index (χ4n) is 3.98. The highest BCUT2D eigenvalue weighted by Gasteiger charge is 2.42. The summed E-state index contributed by atoms with van der Waals surface area (Å²) < 4.78 is 28.7. The number of nitrogens with zero attached hydrogens (tertiary/aromatic N) is 2. The van der Waals surface area contributed by atoms with Gasteiger partial charge in [-0.15, -0.1) is 0 Å². The predicted octanol–water partition coefficient (Wildman–Crippen LogP) is 4.82. The second-order valence-electron chi connectivity index (χ2n) is 10.1. The van der Waals surface area contributed by atoms with Crippen LogP contribution >= 0.6 is 0 Å². The molecule has 1 unspecified atom stereocenters. The van der Waals surface area contributed by atoms with Crippen LogP contribution in [0, 0.1) is 11.3 Å². The first-order valence-electron chi connectivity index (χ1n) is 11.7. The van der Waals surface area contributed by atoms with Gasteiger partial charge in [0.1, 0.15) is 0 Å². The van der Waals surface area contributed by atoms with Crippen LogP contribution in [0.15, 0.2) is 82.8 Å². The van der Waals surface area contributed by atoms with Gasteiger partial charge in [0.25, 0.3) is 5.91 Å². The minimum atomic E-state index is -3.74. The van der Waals surface area contributed by atoms with Crippen molar-refractivity contribution in [3.63, 3.8) is 0 Å². The average molecular weight is 517 g/mol. The van der Waals surface area contributed by atoms with Crippen LogP contribution < -0.4 is 10.0 Å². The molecule has 9 heteroatoms. The standard InChI is InChI=1S/C28H28N4O4S/c1-27(2,3)32-37(34,35)25-11-6-5-10-23(25)20-12-14-22(15-13-20)30-26(33)28(4)17-24(31-36-28)21-9-7-8-19(16-21)18-29/h5-16,32H,17H2,1-4H3,(H,30,33). The van der Waals surface area contributed by atoms with Crippen LogP contribution in [-0.2, 0) is 19.7 Å². The molecule has 3 aromatic rings. The number of nitriles is 1. The van der Waals surface area contributed by atoms with Crippen LogP contribution in [0.4, 0.5) is 5.69 Å². The first kappa shape index (κ1) is 26.1. The van der Waals surface area contributed by atoms with E-state index in [-0.39, 0.29) is 17.2 Å². The Labute approximate surface area is 217 Å². The molecule has 1 amide bonds. The number of carbonyl (C=O) groups excluding carboxylic acids is 1. The lowest BCUT2D eigenvalue weighted by atomic mass is 9.94. The maximum absolute atomic E-state index is 13.1. The lowest BCUT2D eigenvalue weighted by Gasteiger charge is -2.22. The third-order valence-corrected chi connectivity index (χ3v) is 7.55. The van der Waals surface area contributed by atoms with E-state index in [1.165, 1.54) is 0 Å². The molecular formula is C28H28N4O4S. The Morgan fingerprint density at radius 2 is 1.73 bits per heavy atom. The summed E-state index contributed by atoms with van der Waals surface area (Å²) in [5, 5.41) is 16.1. The smallest absolute Gasteiger partial charge is 0.271 e. The van der Waals surface area contributed by atoms with Gasteiger partial charge in [0.15, 0.2) is 0 Å². The third-order valence-electron chi connectivity index (χ3n) is 5.74. The highest BCUT2D eigenvalue weighted by atomic mass is 32.2. The van der Waals surface area contributed by atoms with Crippen molar-refractivity contribution in [2.24, 2.45) is 5.16 Å². The summed E-state index contributed by atoms with van der Waals surface area (Å²) in [7, 11) is -3.74. The highest BCUT2D eigenvalue weighted by molar-refractivity contribution is 7.89. The molecule has 1 heterocycles. The molecule has 1 aliphatic heterocycles. The van der Waals surface area contributed by atoms with E-state index in [0.29, 0.717) is 28.1 Å². The zero-order valence-corrected chi connectivity index (χ0v) is 21.9. The highest BCUT2D eigenvalue weighted by Crippen LogP contribution is 2.31. The van der Waals surface area contributed by atoms with Gasteiger partial charge in [-0.25, -0.2) is 13.1 Å². The van der Waals surface area contributed by atoms with Gasteiger partial charge >= 0.3 is 0 Å². The Hall–Kier alpha value is -4.00. The topological polar surface area (TPSA) is 121 Å². The normalized spacial score (nSPS) is 17.4. The number of rotatable bonds is 6. The number of hydrogen-bond acceptors (Lipinski definition) is 6. The van der Waals surface area contributed by atoms with Crippen LogP contribution in [0.5, 0.6) is 0 Å². The molecule has 0 saturated carbocycles. The summed E-state index contributed by atoms with van der Waals surface area (Å²) in [4.78, 5) is 18.8. The van der Waals surface area contributed by atoms with E-state index in [2.05, 4.69) is 21.3 Å². The lowest BCUT2D eigenvalue weighted by Crippen LogP contribution is -2.40. The number of sulfonamides is 1. The van der Waals surface area contributed by atoms with Crippen molar-refractivity contribution in [3.05, 3.63) is 83.9 Å². The first-order valence-corrected chi connectivity index (χ1v) is 13.2. The van der Waals surface area contributed by atoms with Crippen LogP contribution in [0.25, 0.3) is 11.1 Å². The van der Waals surface area contributed by atoms with Gasteiger partial charge in [0, 0.05) is 28.8 Å². The van der Waals surface area contributed by atoms with Gasteiger partial charge in [0.2, 0.25) is 15.6 Å². The zero-order valence-electron chi connectivity index (χ0n) is 21.1. The van der Waals surface area contributed by atoms with Crippen molar-refractivity contribution < 1.29 is 18.0 Å². The molecule has 1 aliphatic rings. The van der Waals surface area contributed by atoms with Crippen LogP contribution in [0.2, 0.25) is 0 Å². The molecule has 1 atom stereocenters. The summed E-state index contributed by atoms with van der Waals surface area (Å²) in [6.07, 6.45) is 0.248. The molecule has 37 heavy (non-hydrogen) atoms. The van der Waals surface area contributed by atoms with Crippen molar-refractivity contribution in [2.45, 2.75) is 50.2 Å². The lowest BCUT2D eigenvalue weighted by molar-refractivity contribution is -0.135. The fourth-order valence-corrected chi connectivity index (χ4v) is 5.63. The van der Waals surface area contributed by atoms with E-state index < -0.39 is 21.2 Å². The zero-order chi connectivity index (χ0) is 26.8. The Bertz CT molecular complexity index is 1520. The van der Waals surface area contributed by atoms with Crippen molar-refractivity contribution in [1.82, 2.24) is 4.72 Å². The van der Waals surface area contributed by atoms with Gasteiger partial charge in [-0.3, -0.25) is 4.79 Å². The Morgan fingerprint density at radius 1 is 1.03 bits per heavy atom. The molecule has 3 aromatic carbocycles. The van der Waals surface area contributed by atoms with Crippen molar-refractivity contribution in [3.8, 4) is 17.2 Å². The molecule has 0 fully saturated rings. The van der Waals surface area contributed by atoms with Crippen molar-refractivity contribution in [2.75, 3.05) is 5.32 Å². The number of nitrogens with one attached hydrogen (secondary N) is 2. The molecule has 2 N–H and O–H groups in total. The molecule has 190 valence electrons. The van der Waals surface area contributed by atoms with Crippen molar-refractivity contribution >= 4 is 27.3 Å².